The number of likely N-dealkylation sites (tertiary alicyclic amines) is 1. The number of aryl methyl sites for hydroxylation is 2. The van der Waals surface area contributed by atoms with E-state index in [0.29, 0.717) is 18.8 Å². The van der Waals surface area contributed by atoms with Crippen molar-refractivity contribution in [1.29, 1.82) is 0 Å². The van der Waals surface area contributed by atoms with Gasteiger partial charge in [0.2, 0.25) is 0 Å². The van der Waals surface area contributed by atoms with Crippen LogP contribution in [0, 0.1) is 13.8 Å². The molecule has 0 spiro atoms. The molecule has 116 valence electrons. The number of hydrogen-bond donors (Lipinski definition) is 1. The highest BCUT2D eigenvalue weighted by molar-refractivity contribution is 7.10. The summed E-state index contributed by atoms with van der Waals surface area (Å²) in [6, 6.07) is 5.80. The molecule has 4 nitrogen and oxygen atoms in total. The Morgan fingerprint density at radius 2 is 2.18 bits per heavy atom. The van der Waals surface area contributed by atoms with Crippen LogP contribution in [0.4, 0.5) is 0 Å². The highest BCUT2D eigenvalue weighted by Gasteiger charge is 2.33. The number of rotatable bonds is 2. The van der Waals surface area contributed by atoms with Crippen LogP contribution in [-0.2, 0) is 0 Å². The van der Waals surface area contributed by atoms with Crippen molar-refractivity contribution < 1.29 is 9.90 Å². The Morgan fingerprint density at radius 3 is 2.82 bits per heavy atom. The van der Waals surface area contributed by atoms with E-state index < -0.39 is 6.10 Å². The number of carbonyl (C=O) groups is 1. The van der Waals surface area contributed by atoms with E-state index in [-0.39, 0.29) is 11.8 Å². The van der Waals surface area contributed by atoms with Gasteiger partial charge in [0, 0.05) is 30.1 Å². The number of aliphatic hydroxyl groups is 1. The number of nitrogens with zero attached hydrogens (tertiary/aromatic N) is 2. The summed E-state index contributed by atoms with van der Waals surface area (Å²) < 4.78 is 0. The number of hydrogen-bond acceptors (Lipinski definition) is 4. The molecule has 1 saturated heterocycles. The molecule has 0 radical (unpaired) electrons. The van der Waals surface area contributed by atoms with Crippen molar-refractivity contribution in [3.8, 4) is 0 Å². The van der Waals surface area contributed by atoms with E-state index in [2.05, 4.69) is 23.4 Å². The average Bonchev–Trinajstić information content (AvgIpc) is 2.93. The minimum atomic E-state index is -0.515. The quantitative estimate of drug-likeness (QED) is 0.927. The summed E-state index contributed by atoms with van der Waals surface area (Å²) in [6.07, 6.45) is 1.91. The van der Waals surface area contributed by atoms with Crippen molar-refractivity contribution in [2.75, 3.05) is 13.1 Å². The van der Waals surface area contributed by atoms with E-state index >= 15 is 0 Å². The van der Waals surface area contributed by atoms with Gasteiger partial charge in [-0.25, -0.2) is 0 Å². The predicted molar refractivity (Wildman–Crippen MR) is 87.3 cm³/mol. The molecule has 1 amide bonds. The molecule has 22 heavy (non-hydrogen) atoms. The highest BCUT2D eigenvalue weighted by Crippen LogP contribution is 2.34. The zero-order chi connectivity index (χ0) is 15.7. The summed E-state index contributed by atoms with van der Waals surface area (Å²) in [7, 11) is 0. The third-order valence-corrected chi connectivity index (χ3v) is 5.47. The molecular weight excluding hydrogens is 296 g/mol. The summed E-state index contributed by atoms with van der Waals surface area (Å²) in [6.45, 7) is 5.00. The standard InChI is InChI=1S/C17H20N2O2S/c1-11-4-3-7-18-15(11)17(21)19-8-5-13(14(20)10-19)16-12(2)6-9-22-16/h3-4,6-7,9,13-14,20H,5,8,10H2,1-2H3/t13-,14-/m0/s1. The first kappa shape index (κ1) is 15.2. The largest absolute Gasteiger partial charge is 0.391 e. The maximum absolute atomic E-state index is 12.6. The second-order valence-electron chi connectivity index (χ2n) is 5.85. The minimum absolute atomic E-state index is 0.0847. The molecule has 0 aromatic carbocycles. The van der Waals surface area contributed by atoms with Gasteiger partial charge in [-0.2, -0.15) is 0 Å². The number of thiophene rings is 1. The van der Waals surface area contributed by atoms with Crippen LogP contribution in [-0.4, -0.2) is 40.1 Å². The second-order valence-corrected chi connectivity index (χ2v) is 6.80. The molecular formula is C17H20N2O2S. The van der Waals surface area contributed by atoms with Gasteiger partial charge in [0.05, 0.1) is 6.10 Å². The van der Waals surface area contributed by atoms with Crippen molar-refractivity contribution in [1.82, 2.24) is 9.88 Å². The lowest BCUT2D eigenvalue weighted by atomic mass is 9.90. The van der Waals surface area contributed by atoms with E-state index in [4.69, 9.17) is 0 Å². The molecule has 1 fully saturated rings. The van der Waals surface area contributed by atoms with Crippen molar-refractivity contribution in [2.24, 2.45) is 0 Å². The minimum Gasteiger partial charge on any atom is -0.391 e. The van der Waals surface area contributed by atoms with Gasteiger partial charge in [-0.3, -0.25) is 9.78 Å². The van der Waals surface area contributed by atoms with E-state index in [1.54, 1.807) is 22.4 Å². The van der Waals surface area contributed by atoms with Crippen molar-refractivity contribution in [2.45, 2.75) is 32.3 Å². The van der Waals surface area contributed by atoms with Crippen molar-refractivity contribution in [3.05, 3.63) is 51.5 Å². The molecule has 2 atom stereocenters. The van der Waals surface area contributed by atoms with Crippen molar-refractivity contribution >= 4 is 17.2 Å². The molecule has 2 aromatic rings. The molecule has 3 rings (SSSR count). The number of β-amino-alcohol motifs (C(OH)–C–C–N with tert-alkyl or cyclic N) is 1. The lowest BCUT2D eigenvalue weighted by molar-refractivity contribution is 0.0382. The molecule has 0 unspecified atom stereocenters. The zero-order valence-electron chi connectivity index (χ0n) is 12.8. The van der Waals surface area contributed by atoms with E-state index in [1.807, 2.05) is 19.1 Å². The zero-order valence-corrected chi connectivity index (χ0v) is 13.6. The summed E-state index contributed by atoms with van der Waals surface area (Å²) in [5, 5.41) is 12.6. The third kappa shape index (κ3) is 2.78. The molecule has 0 aliphatic carbocycles. The van der Waals surface area contributed by atoms with E-state index in [9.17, 15) is 9.90 Å². The van der Waals surface area contributed by atoms with Gasteiger partial charge < -0.3 is 10.0 Å². The smallest absolute Gasteiger partial charge is 0.272 e. The Kier molecular flexibility index (Phi) is 4.27. The fourth-order valence-corrected chi connectivity index (χ4v) is 4.17. The second kappa shape index (κ2) is 6.18. The fraction of sp³-hybridized carbons (Fsp3) is 0.412. The fourth-order valence-electron chi connectivity index (χ4n) is 3.05. The van der Waals surface area contributed by atoms with Crippen LogP contribution >= 0.6 is 11.3 Å². The highest BCUT2D eigenvalue weighted by atomic mass is 32.1. The number of aliphatic hydroxyl groups excluding tert-OH is 1. The van der Waals surface area contributed by atoms with Gasteiger partial charge in [0.1, 0.15) is 5.69 Å². The summed E-state index contributed by atoms with van der Waals surface area (Å²) in [4.78, 5) is 19.7. The van der Waals surface area contributed by atoms with Gasteiger partial charge in [-0.1, -0.05) is 6.07 Å². The number of aromatic nitrogens is 1. The van der Waals surface area contributed by atoms with Crippen LogP contribution in [0.5, 0.6) is 0 Å². The van der Waals surface area contributed by atoms with Gasteiger partial charge in [0.15, 0.2) is 0 Å². The van der Waals surface area contributed by atoms with E-state index in [0.717, 1.165) is 12.0 Å². The molecule has 1 N–H and O–H groups in total. The lowest BCUT2D eigenvalue weighted by Crippen LogP contribution is -2.46. The molecule has 1 aliphatic rings. The molecule has 2 aromatic heterocycles. The monoisotopic (exact) mass is 316 g/mol. The maximum Gasteiger partial charge on any atom is 0.272 e. The summed E-state index contributed by atoms with van der Waals surface area (Å²) in [5.41, 5.74) is 2.59. The Balaban J connectivity index is 1.74. The predicted octanol–water partition coefficient (Wildman–Crippen LogP) is 2.75. The third-order valence-electron chi connectivity index (χ3n) is 4.32. The number of piperidine rings is 1. The van der Waals surface area contributed by atoms with Gasteiger partial charge >= 0.3 is 0 Å². The first-order chi connectivity index (χ1) is 10.6. The molecule has 0 bridgehead atoms. The van der Waals surface area contributed by atoms with Gasteiger partial charge in [0.25, 0.3) is 5.91 Å². The van der Waals surface area contributed by atoms with Crippen LogP contribution in [0.2, 0.25) is 0 Å². The maximum atomic E-state index is 12.6. The molecule has 5 heteroatoms. The molecule has 3 heterocycles. The molecule has 1 aliphatic heterocycles. The van der Waals surface area contributed by atoms with Crippen LogP contribution in [0.25, 0.3) is 0 Å². The summed E-state index contributed by atoms with van der Waals surface area (Å²) in [5.74, 6) is 0.0485. The Bertz CT molecular complexity index is 683. The first-order valence-corrected chi connectivity index (χ1v) is 8.39. The van der Waals surface area contributed by atoms with Gasteiger partial charge in [-0.15, -0.1) is 11.3 Å². The lowest BCUT2D eigenvalue weighted by Gasteiger charge is -2.36. The topological polar surface area (TPSA) is 53.4 Å². The SMILES string of the molecule is Cc1cccnc1C(=O)N1CC[C@H](c2sccc2C)[C@@H](O)C1. The van der Waals surface area contributed by atoms with Crippen LogP contribution in [0.15, 0.2) is 29.8 Å². The first-order valence-electron chi connectivity index (χ1n) is 7.51. The average molecular weight is 316 g/mol. The Labute approximate surface area is 134 Å². The summed E-state index contributed by atoms with van der Waals surface area (Å²) >= 11 is 1.69. The number of amides is 1. The number of carbonyl (C=O) groups excluding carboxylic acids is 1. The van der Waals surface area contributed by atoms with Crippen LogP contribution in [0.3, 0.4) is 0 Å². The normalized spacial score (nSPS) is 21.9. The Hall–Kier alpha value is -1.72. The van der Waals surface area contributed by atoms with Crippen LogP contribution in [0.1, 0.15) is 38.8 Å². The Morgan fingerprint density at radius 1 is 1.36 bits per heavy atom. The molecule has 0 saturated carbocycles. The van der Waals surface area contributed by atoms with Gasteiger partial charge in [-0.05, 0) is 48.9 Å². The van der Waals surface area contributed by atoms with Crippen LogP contribution < -0.4 is 0 Å². The van der Waals surface area contributed by atoms with Crippen molar-refractivity contribution in [3.63, 3.8) is 0 Å². The van der Waals surface area contributed by atoms with E-state index in [1.165, 1.54) is 10.4 Å². The number of pyridine rings is 1.